The van der Waals surface area contributed by atoms with E-state index < -0.39 is 29.9 Å². The molecule has 0 saturated carbocycles. The summed E-state index contributed by atoms with van der Waals surface area (Å²) in [5, 5.41) is 9.21. The SMILES string of the molecule is CCOCC1(C(F)(F)F)Oc2cc(C)ccc2C=C1C(=O)O. The Balaban J connectivity index is 2.64. The number of rotatable bonds is 4. The molecule has 0 bridgehead atoms. The van der Waals surface area contributed by atoms with Crippen LogP contribution in [0.25, 0.3) is 6.08 Å². The van der Waals surface area contributed by atoms with Crippen LogP contribution in [0.3, 0.4) is 0 Å². The van der Waals surface area contributed by atoms with Crippen molar-refractivity contribution in [3.8, 4) is 5.75 Å². The molecule has 1 aliphatic heterocycles. The molecule has 2 rings (SSSR count). The van der Waals surface area contributed by atoms with E-state index in [1.165, 1.54) is 19.1 Å². The van der Waals surface area contributed by atoms with Gasteiger partial charge in [0.2, 0.25) is 0 Å². The third-order valence-electron chi connectivity index (χ3n) is 3.39. The lowest BCUT2D eigenvalue weighted by Gasteiger charge is -2.39. The molecule has 1 aliphatic rings. The van der Waals surface area contributed by atoms with Crippen LogP contribution in [-0.2, 0) is 9.53 Å². The highest BCUT2D eigenvalue weighted by Gasteiger charge is 2.63. The van der Waals surface area contributed by atoms with Crippen molar-refractivity contribution in [1.82, 2.24) is 0 Å². The fourth-order valence-corrected chi connectivity index (χ4v) is 2.24. The second-order valence-electron chi connectivity index (χ2n) is 4.97. The number of carboxylic acid groups (broad SMARTS) is 1. The lowest BCUT2D eigenvalue weighted by Crippen LogP contribution is -2.58. The highest BCUT2D eigenvalue weighted by molar-refractivity contribution is 5.96. The Morgan fingerprint density at radius 3 is 2.64 bits per heavy atom. The largest absolute Gasteiger partial charge is 0.478 e. The molecule has 1 N–H and O–H groups in total. The third-order valence-corrected chi connectivity index (χ3v) is 3.39. The maximum Gasteiger partial charge on any atom is 0.435 e. The molecule has 1 heterocycles. The summed E-state index contributed by atoms with van der Waals surface area (Å²) in [6.07, 6.45) is -3.94. The second-order valence-corrected chi connectivity index (χ2v) is 4.97. The molecule has 0 saturated heterocycles. The molecule has 0 spiro atoms. The molecule has 7 heteroatoms. The van der Waals surface area contributed by atoms with Crippen molar-refractivity contribution in [3.05, 3.63) is 34.9 Å². The van der Waals surface area contributed by atoms with Crippen molar-refractivity contribution in [2.24, 2.45) is 0 Å². The summed E-state index contributed by atoms with van der Waals surface area (Å²) in [6.45, 7) is 2.32. The minimum Gasteiger partial charge on any atom is -0.478 e. The minimum atomic E-state index is -4.94. The smallest absolute Gasteiger partial charge is 0.435 e. The van der Waals surface area contributed by atoms with E-state index in [0.717, 1.165) is 6.08 Å². The molecule has 0 radical (unpaired) electrons. The number of hydrogen-bond acceptors (Lipinski definition) is 3. The Labute approximate surface area is 125 Å². The van der Waals surface area contributed by atoms with Gasteiger partial charge in [0, 0.05) is 12.2 Å². The van der Waals surface area contributed by atoms with E-state index in [1.54, 1.807) is 13.0 Å². The summed E-state index contributed by atoms with van der Waals surface area (Å²) in [6, 6.07) is 4.63. The Morgan fingerprint density at radius 1 is 1.41 bits per heavy atom. The van der Waals surface area contributed by atoms with Crippen LogP contribution in [0.15, 0.2) is 23.8 Å². The fraction of sp³-hybridized carbons (Fsp3) is 0.400. The van der Waals surface area contributed by atoms with Crippen LogP contribution in [0.1, 0.15) is 18.1 Å². The molecular weight excluding hydrogens is 301 g/mol. The van der Waals surface area contributed by atoms with E-state index >= 15 is 0 Å². The predicted octanol–water partition coefficient (Wildman–Crippen LogP) is 3.19. The van der Waals surface area contributed by atoms with Crippen molar-refractivity contribution in [1.29, 1.82) is 0 Å². The van der Waals surface area contributed by atoms with E-state index in [-0.39, 0.29) is 12.4 Å². The number of fused-ring (bicyclic) bond motifs is 1. The van der Waals surface area contributed by atoms with E-state index in [9.17, 15) is 23.1 Å². The van der Waals surface area contributed by atoms with Gasteiger partial charge in [0.05, 0.1) is 5.57 Å². The molecule has 1 unspecified atom stereocenters. The van der Waals surface area contributed by atoms with Crippen LogP contribution < -0.4 is 4.74 Å². The number of benzene rings is 1. The lowest BCUT2D eigenvalue weighted by atomic mass is 9.88. The van der Waals surface area contributed by atoms with Gasteiger partial charge in [-0.2, -0.15) is 13.2 Å². The van der Waals surface area contributed by atoms with Crippen LogP contribution in [0.4, 0.5) is 13.2 Å². The van der Waals surface area contributed by atoms with Crippen molar-refractivity contribution < 1.29 is 32.5 Å². The standard InChI is InChI=1S/C15H15F3O4/c1-3-21-8-14(15(16,17)18)11(13(19)20)7-10-5-4-9(2)6-12(10)22-14/h4-7H,3,8H2,1-2H3,(H,19,20). The lowest BCUT2D eigenvalue weighted by molar-refractivity contribution is -0.249. The maximum absolute atomic E-state index is 13.6. The van der Waals surface area contributed by atoms with Gasteiger partial charge in [0.15, 0.2) is 0 Å². The van der Waals surface area contributed by atoms with Crippen molar-refractivity contribution in [2.45, 2.75) is 25.6 Å². The molecule has 0 aromatic heterocycles. The van der Waals surface area contributed by atoms with Gasteiger partial charge in [-0.3, -0.25) is 0 Å². The first-order valence-corrected chi connectivity index (χ1v) is 6.61. The zero-order valence-corrected chi connectivity index (χ0v) is 12.0. The van der Waals surface area contributed by atoms with Gasteiger partial charge < -0.3 is 14.6 Å². The summed E-state index contributed by atoms with van der Waals surface area (Å²) in [5.41, 5.74) is -2.90. The summed E-state index contributed by atoms with van der Waals surface area (Å²) < 4.78 is 50.9. The quantitative estimate of drug-likeness (QED) is 0.927. The number of carbonyl (C=O) groups is 1. The second kappa shape index (κ2) is 5.64. The Kier molecular flexibility index (Phi) is 4.19. The van der Waals surface area contributed by atoms with E-state index in [4.69, 9.17) is 9.47 Å². The van der Waals surface area contributed by atoms with Gasteiger partial charge in [-0.1, -0.05) is 12.1 Å². The molecular formula is C15H15F3O4. The van der Waals surface area contributed by atoms with Crippen LogP contribution in [0.2, 0.25) is 0 Å². The van der Waals surface area contributed by atoms with Gasteiger partial charge >= 0.3 is 12.1 Å². The fourth-order valence-electron chi connectivity index (χ4n) is 2.24. The van der Waals surface area contributed by atoms with Gasteiger partial charge in [0.1, 0.15) is 12.4 Å². The molecule has 1 atom stereocenters. The van der Waals surface area contributed by atoms with Gasteiger partial charge in [0.25, 0.3) is 5.60 Å². The van der Waals surface area contributed by atoms with Crippen molar-refractivity contribution >= 4 is 12.0 Å². The van der Waals surface area contributed by atoms with Gasteiger partial charge in [-0.05, 0) is 31.6 Å². The Hall–Kier alpha value is -2.02. The normalized spacial score (nSPS) is 20.9. The van der Waals surface area contributed by atoms with Crippen LogP contribution in [-0.4, -0.2) is 36.1 Å². The Morgan fingerprint density at radius 2 is 2.09 bits per heavy atom. The Bertz CT molecular complexity index is 622. The van der Waals surface area contributed by atoms with Crippen LogP contribution in [0.5, 0.6) is 5.75 Å². The summed E-state index contributed by atoms with van der Waals surface area (Å²) >= 11 is 0. The third kappa shape index (κ3) is 2.68. The van der Waals surface area contributed by atoms with E-state index in [2.05, 4.69) is 0 Å². The highest BCUT2D eigenvalue weighted by atomic mass is 19.4. The average Bonchev–Trinajstić information content (AvgIpc) is 2.42. The summed E-state index contributed by atoms with van der Waals surface area (Å²) in [4.78, 5) is 11.4. The number of ether oxygens (including phenoxy) is 2. The molecule has 1 aromatic rings. The van der Waals surface area contributed by atoms with E-state index in [0.29, 0.717) is 11.1 Å². The van der Waals surface area contributed by atoms with Crippen LogP contribution in [0, 0.1) is 6.92 Å². The molecule has 0 amide bonds. The molecule has 4 nitrogen and oxygen atoms in total. The molecule has 0 aliphatic carbocycles. The molecule has 1 aromatic carbocycles. The van der Waals surface area contributed by atoms with E-state index in [1.807, 2.05) is 0 Å². The van der Waals surface area contributed by atoms with Gasteiger partial charge in [-0.25, -0.2) is 4.79 Å². The monoisotopic (exact) mass is 316 g/mol. The highest BCUT2D eigenvalue weighted by Crippen LogP contribution is 2.45. The number of alkyl halides is 3. The molecule has 22 heavy (non-hydrogen) atoms. The maximum atomic E-state index is 13.6. The molecule has 120 valence electrons. The first-order chi connectivity index (χ1) is 10.2. The number of halogens is 3. The number of aliphatic carboxylic acids is 1. The average molecular weight is 316 g/mol. The number of hydrogen-bond donors (Lipinski definition) is 1. The number of carboxylic acids is 1. The first kappa shape index (κ1) is 16.4. The minimum absolute atomic E-state index is 0.00869. The summed E-state index contributed by atoms with van der Waals surface area (Å²) in [5.74, 6) is -1.70. The first-order valence-electron chi connectivity index (χ1n) is 6.61. The zero-order valence-electron chi connectivity index (χ0n) is 12.0. The summed E-state index contributed by atoms with van der Waals surface area (Å²) in [7, 11) is 0. The molecule has 0 fully saturated rings. The number of aryl methyl sites for hydroxylation is 1. The van der Waals surface area contributed by atoms with Crippen molar-refractivity contribution in [3.63, 3.8) is 0 Å². The van der Waals surface area contributed by atoms with Crippen LogP contribution >= 0.6 is 0 Å². The van der Waals surface area contributed by atoms with Gasteiger partial charge in [-0.15, -0.1) is 0 Å². The zero-order chi connectivity index (χ0) is 16.5. The van der Waals surface area contributed by atoms with Crippen molar-refractivity contribution in [2.75, 3.05) is 13.2 Å². The topological polar surface area (TPSA) is 55.8 Å². The predicted molar refractivity (Wildman–Crippen MR) is 72.7 cm³/mol.